The Balaban J connectivity index is 2.80. The number of nitrogens with zero attached hydrogens (tertiary/aromatic N) is 1. The average Bonchev–Trinajstić information content (AvgIpc) is 2.09. The zero-order valence-electron chi connectivity index (χ0n) is 8.37. The van der Waals surface area contributed by atoms with Gasteiger partial charge in [-0.25, -0.2) is 4.98 Å². The van der Waals surface area contributed by atoms with E-state index in [1.54, 1.807) is 18.3 Å². The Morgan fingerprint density at radius 2 is 2.23 bits per heavy atom. The van der Waals surface area contributed by atoms with Crippen LogP contribution in [0.2, 0.25) is 0 Å². The van der Waals surface area contributed by atoms with Crippen LogP contribution in [0.15, 0.2) is 18.3 Å². The van der Waals surface area contributed by atoms with Crippen LogP contribution in [0.3, 0.4) is 0 Å². The van der Waals surface area contributed by atoms with Crippen molar-refractivity contribution in [3.05, 3.63) is 18.3 Å². The molecule has 0 radical (unpaired) electrons. The van der Waals surface area contributed by atoms with Crippen LogP contribution in [-0.4, -0.2) is 10.6 Å². The van der Waals surface area contributed by atoms with E-state index < -0.39 is 0 Å². The predicted octanol–water partition coefficient (Wildman–Crippen LogP) is 2.23. The third-order valence-corrected chi connectivity index (χ3v) is 2.03. The highest BCUT2D eigenvalue weighted by Gasteiger charge is 2.18. The van der Waals surface area contributed by atoms with E-state index in [0.29, 0.717) is 11.6 Å². The van der Waals surface area contributed by atoms with Gasteiger partial charge >= 0.3 is 0 Å². The number of rotatable bonds is 3. The third kappa shape index (κ3) is 2.61. The standard InChI is InChI=1S/C10H16N2O/c1-4-10(2,3)13-9-8(11)6-5-7-12-9/h5-7H,4,11H2,1-3H3. The van der Waals surface area contributed by atoms with E-state index >= 15 is 0 Å². The van der Waals surface area contributed by atoms with Crippen LogP contribution < -0.4 is 10.5 Å². The van der Waals surface area contributed by atoms with Gasteiger partial charge in [-0.1, -0.05) is 6.92 Å². The molecule has 0 bridgehead atoms. The first-order valence-electron chi connectivity index (χ1n) is 4.44. The quantitative estimate of drug-likeness (QED) is 0.776. The minimum atomic E-state index is -0.206. The van der Waals surface area contributed by atoms with Gasteiger partial charge in [-0.3, -0.25) is 0 Å². The predicted molar refractivity (Wildman–Crippen MR) is 53.6 cm³/mol. The zero-order chi connectivity index (χ0) is 9.90. The van der Waals surface area contributed by atoms with Gasteiger partial charge < -0.3 is 10.5 Å². The van der Waals surface area contributed by atoms with Crippen molar-refractivity contribution in [1.29, 1.82) is 0 Å². The molecular formula is C10H16N2O. The maximum Gasteiger partial charge on any atom is 0.237 e. The van der Waals surface area contributed by atoms with Crippen molar-refractivity contribution in [2.45, 2.75) is 32.8 Å². The fourth-order valence-electron chi connectivity index (χ4n) is 0.822. The lowest BCUT2D eigenvalue weighted by Crippen LogP contribution is -2.27. The molecule has 0 saturated carbocycles. The molecule has 3 nitrogen and oxygen atoms in total. The number of pyridine rings is 1. The summed E-state index contributed by atoms with van der Waals surface area (Å²) in [4.78, 5) is 4.06. The highest BCUT2D eigenvalue weighted by molar-refractivity contribution is 5.47. The van der Waals surface area contributed by atoms with Crippen molar-refractivity contribution < 1.29 is 4.74 Å². The summed E-state index contributed by atoms with van der Waals surface area (Å²) >= 11 is 0. The largest absolute Gasteiger partial charge is 0.470 e. The summed E-state index contributed by atoms with van der Waals surface area (Å²) in [5, 5.41) is 0. The van der Waals surface area contributed by atoms with Crippen LogP contribution in [0.25, 0.3) is 0 Å². The van der Waals surface area contributed by atoms with Gasteiger partial charge in [0, 0.05) is 6.20 Å². The number of hydrogen-bond donors (Lipinski definition) is 1. The Hall–Kier alpha value is -1.25. The van der Waals surface area contributed by atoms with Crippen LogP contribution in [0.5, 0.6) is 5.88 Å². The SMILES string of the molecule is CCC(C)(C)Oc1ncccc1N. The van der Waals surface area contributed by atoms with Crippen molar-refractivity contribution in [2.75, 3.05) is 5.73 Å². The molecule has 0 saturated heterocycles. The maximum atomic E-state index is 5.69. The van der Waals surface area contributed by atoms with Crippen molar-refractivity contribution in [1.82, 2.24) is 4.98 Å². The number of anilines is 1. The van der Waals surface area contributed by atoms with Crippen LogP contribution in [0, 0.1) is 0 Å². The Bertz CT molecular complexity index is 284. The van der Waals surface area contributed by atoms with E-state index in [1.807, 2.05) is 13.8 Å². The maximum absolute atomic E-state index is 5.69. The van der Waals surface area contributed by atoms with E-state index in [4.69, 9.17) is 10.5 Å². The van der Waals surface area contributed by atoms with Gasteiger partial charge in [-0.05, 0) is 32.4 Å². The van der Waals surface area contributed by atoms with Gasteiger partial charge in [-0.15, -0.1) is 0 Å². The summed E-state index contributed by atoms with van der Waals surface area (Å²) in [5.74, 6) is 0.523. The lowest BCUT2D eigenvalue weighted by molar-refractivity contribution is 0.100. The third-order valence-electron chi connectivity index (χ3n) is 2.03. The number of nitrogens with two attached hydrogens (primary N) is 1. The number of aromatic nitrogens is 1. The molecular weight excluding hydrogens is 164 g/mol. The molecule has 3 heteroatoms. The van der Waals surface area contributed by atoms with E-state index in [-0.39, 0.29) is 5.60 Å². The summed E-state index contributed by atoms with van der Waals surface area (Å²) in [6.07, 6.45) is 2.60. The van der Waals surface area contributed by atoms with Gasteiger partial charge in [-0.2, -0.15) is 0 Å². The Morgan fingerprint density at radius 3 is 2.77 bits per heavy atom. The number of nitrogen functional groups attached to an aromatic ring is 1. The summed E-state index contributed by atoms with van der Waals surface area (Å²) in [5.41, 5.74) is 6.08. The van der Waals surface area contributed by atoms with Crippen molar-refractivity contribution >= 4 is 5.69 Å². The Labute approximate surface area is 78.9 Å². The van der Waals surface area contributed by atoms with Gasteiger partial charge in [0.05, 0.1) is 5.69 Å². The monoisotopic (exact) mass is 180 g/mol. The topological polar surface area (TPSA) is 48.1 Å². The first kappa shape index (κ1) is 9.84. The summed E-state index contributed by atoms with van der Waals surface area (Å²) in [6, 6.07) is 3.58. The molecule has 0 aromatic carbocycles. The van der Waals surface area contributed by atoms with E-state index in [9.17, 15) is 0 Å². The summed E-state index contributed by atoms with van der Waals surface area (Å²) < 4.78 is 5.65. The Kier molecular flexibility index (Phi) is 2.76. The van der Waals surface area contributed by atoms with Crippen LogP contribution >= 0.6 is 0 Å². The molecule has 1 rings (SSSR count). The van der Waals surface area contributed by atoms with Crippen molar-refractivity contribution in [3.63, 3.8) is 0 Å². The van der Waals surface area contributed by atoms with E-state index in [1.165, 1.54) is 0 Å². The second-order valence-electron chi connectivity index (χ2n) is 3.61. The molecule has 72 valence electrons. The molecule has 1 aromatic heterocycles. The highest BCUT2D eigenvalue weighted by atomic mass is 16.5. The van der Waals surface area contributed by atoms with Crippen LogP contribution in [-0.2, 0) is 0 Å². The smallest absolute Gasteiger partial charge is 0.237 e. The molecule has 0 unspecified atom stereocenters. The number of ether oxygens (including phenoxy) is 1. The van der Waals surface area contributed by atoms with Crippen molar-refractivity contribution in [2.24, 2.45) is 0 Å². The molecule has 0 fully saturated rings. The molecule has 0 aliphatic rings. The summed E-state index contributed by atoms with van der Waals surface area (Å²) in [7, 11) is 0. The highest BCUT2D eigenvalue weighted by Crippen LogP contribution is 2.23. The first-order valence-corrected chi connectivity index (χ1v) is 4.44. The first-order chi connectivity index (χ1) is 6.05. The lowest BCUT2D eigenvalue weighted by atomic mass is 10.1. The van der Waals surface area contributed by atoms with E-state index in [0.717, 1.165) is 6.42 Å². The second kappa shape index (κ2) is 3.64. The van der Waals surface area contributed by atoms with Gasteiger partial charge in [0.25, 0.3) is 0 Å². The van der Waals surface area contributed by atoms with Crippen LogP contribution in [0.4, 0.5) is 5.69 Å². The van der Waals surface area contributed by atoms with Crippen molar-refractivity contribution in [3.8, 4) is 5.88 Å². The minimum Gasteiger partial charge on any atom is -0.470 e. The molecule has 0 atom stereocenters. The van der Waals surface area contributed by atoms with Gasteiger partial charge in [0.1, 0.15) is 5.60 Å². The van der Waals surface area contributed by atoms with E-state index in [2.05, 4.69) is 11.9 Å². The van der Waals surface area contributed by atoms with Gasteiger partial charge in [0.15, 0.2) is 0 Å². The Morgan fingerprint density at radius 1 is 1.54 bits per heavy atom. The van der Waals surface area contributed by atoms with Crippen LogP contribution in [0.1, 0.15) is 27.2 Å². The molecule has 0 aliphatic heterocycles. The molecule has 0 aliphatic carbocycles. The second-order valence-corrected chi connectivity index (χ2v) is 3.61. The molecule has 1 aromatic rings. The normalized spacial score (nSPS) is 11.3. The molecule has 0 spiro atoms. The zero-order valence-corrected chi connectivity index (χ0v) is 8.37. The number of hydrogen-bond acceptors (Lipinski definition) is 3. The fraction of sp³-hybridized carbons (Fsp3) is 0.500. The molecule has 0 amide bonds. The minimum absolute atomic E-state index is 0.206. The lowest BCUT2D eigenvalue weighted by Gasteiger charge is -2.24. The summed E-state index contributed by atoms with van der Waals surface area (Å²) in [6.45, 7) is 6.10. The molecule has 1 heterocycles. The fourth-order valence-corrected chi connectivity index (χ4v) is 0.822. The average molecular weight is 180 g/mol. The molecule has 2 N–H and O–H groups in total. The van der Waals surface area contributed by atoms with Gasteiger partial charge in [0.2, 0.25) is 5.88 Å². The molecule has 13 heavy (non-hydrogen) atoms.